The third-order valence-corrected chi connectivity index (χ3v) is 25.3. The molecule has 6 atom stereocenters. The van der Waals surface area contributed by atoms with Crippen molar-refractivity contribution in [1.82, 2.24) is 40.4 Å². The fourth-order valence-electron chi connectivity index (χ4n) is 14.1. The van der Waals surface area contributed by atoms with Crippen LogP contribution in [0.15, 0.2) is 147 Å². The summed E-state index contributed by atoms with van der Waals surface area (Å²) in [5.41, 5.74) is 2.49. The number of nitrogens with one attached hydrogen (secondary N) is 5. The summed E-state index contributed by atoms with van der Waals surface area (Å²) >= 11 is 9.16. The first kappa shape index (κ1) is 80.2. The predicted octanol–water partition coefficient (Wildman–Crippen LogP) is 12.4. The van der Waals surface area contributed by atoms with E-state index >= 15 is 0 Å². The van der Waals surface area contributed by atoms with E-state index in [0.29, 0.717) is 75.9 Å². The summed E-state index contributed by atoms with van der Waals surface area (Å²) in [6.45, 7) is 19.1. The van der Waals surface area contributed by atoms with Crippen LogP contribution in [0.25, 0.3) is 16.0 Å². The maximum atomic E-state index is 14.6. The molecular formula is C77H96ClF3N10O10S4. The van der Waals surface area contributed by atoms with Crippen molar-refractivity contribution >= 4 is 101 Å². The van der Waals surface area contributed by atoms with Gasteiger partial charge in [-0.1, -0.05) is 113 Å². The largest absolute Gasteiger partial charge is 0.501 e. The number of aliphatic hydroxyl groups is 1. The summed E-state index contributed by atoms with van der Waals surface area (Å²) in [5.74, 6) is -2.24. The molecule has 0 saturated carbocycles. The van der Waals surface area contributed by atoms with Crippen LogP contribution in [0, 0.1) is 17.8 Å². The van der Waals surface area contributed by atoms with Crippen LogP contribution in [0.1, 0.15) is 145 Å². The number of allylic oxidation sites excluding steroid dienone is 1. The molecule has 3 saturated heterocycles. The van der Waals surface area contributed by atoms with E-state index in [1.165, 1.54) is 45.5 Å². The summed E-state index contributed by atoms with van der Waals surface area (Å²) in [4.78, 5) is 80.5. The molecule has 4 heterocycles. The molecule has 0 bridgehead atoms. The maximum Gasteiger partial charge on any atom is 0.501 e. The Morgan fingerprint density at radius 2 is 1.48 bits per heavy atom. The molecule has 6 aromatic rings. The van der Waals surface area contributed by atoms with E-state index in [4.69, 9.17) is 11.6 Å². The number of rotatable bonds is 29. The number of thioether (sulfide) groups is 1. The molecule has 5 amide bonds. The smallest absolute Gasteiger partial charge is 0.391 e. The van der Waals surface area contributed by atoms with Crippen molar-refractivity contribution in [2.75, 3.05) is 74.9 Å². The van der Waals surface area contributed by atoms with E-state index in [0.717, 1.165) is 83.3 Å². The molecule has 3 fully saturated rings. The zero-order valence-electron chi connectivity index (χ0n) is 60.4. The van der Waals surface area contributed by atoms with Gasteiger partial charge >= 0.3 is 5.51 Å². The van der Waals surface area contributed by atoms with Gasteiger partial charge in [0.2, 0.25) is 23.6 Å². The Morgan fingerprint density at radius 1 is 0.800 bits per heavy atom. The molecule has 0 spiro atoms. The third kappa shape index (κ3) is 21.3. The first-order chi connectivity index (χ1) is 49.7. The number of carbonyl (C=O) groups is 5. The lowest BCUT2D eigenvalue weighted by Crippen LogP contribution is -2.57. The number of anilines is 2. The summed E-state index contributed by atoms with van der Waals surface area (Å²) in [6.07, 6.45) is 4.82. The van der Waals surface area contributed by atoms with Crippen LogP contribution in [0.2, 0.25) is 5.02 Å². The van der Waals surface area contributed by atoms with Gasteiger partial charge in [-0.15, -0.1) is 23.1 Å². The minimum atomic E-state index is -6.19. The number of unbranched alkanes of at least 4 members (excludes halogenated alkanes) is 2. The molecule has 5 aromatic carbocycles. The minimum Gasteiger partial charge on any atom is -0.391 e. The molecule has 566 valence electrons. The Bertz CT molecular complexity index is 4310. The molecule has 0 radical (unpaired) electrons. The lowest BCUT2D eigenvalue weighted by molar-refractivity contribution is -0.144. The van der Waals surface area contributed by atoms with E-state index < -0.39 is 94.3 Å². The van der Waals surface area contributed by atoms with Crippen molar-refractivity contribution in [3.63, 3.8) is 0 Å². The second kappa shape index (κ2) is 34.7. The maximum absolute atomic E-state index is 14.6. The number of alkyl halides is 3. The van der Waals surface area contributed by atoms with Gasteiger partial charge in [0.05, 0.1) is 38.8 Å². The Hall–Kier alpha value is -7.37. The highest BCUT2D eigenvalue weighted by Gasteiger charge is 2.49. The van der Waals surface area contributed by atoms with Gasteiger partial charge in [0, 0.05) is 117 Å². The zero-order chi connectivity index (χ0) is 75.6. The standard InChI is InChI=1S/C77H96ClF3N10O10S4/c1-50(52-18-20-54(21-19-52)70-51(2)82-49-103-70)83-73(96)66-42-61(92)47-91(66)74(97)71(75(3,4)5)86-69(94)17-13-9-12-16-68(93)85-58-33-36-88(46-58)37-34-59(48-102-62-14-10-8-11-15-62)84-65-31-30-63(43-67(65)104(98,99)77(79,80)81)105(100,101)87-72(95)55-24-28-60(29-25-55)90-40-38-89(39-41-90)45-56-44-76(6,7)35-32-64(56)53-22-26-57(78)27-23-53/h8,10-11,14-15,18-31,43,49-50,58-59,61,66,71,84,92H,9,12-13,16-17,32-42,44-48H2,1-7H3,(H,83,96)(H,85,93)(H,86,94)(H,87,95)/t50-,58+,59+,61+,66-,71+/m0/s1. The van der Waals surface area contributed by atoms with Crippen LogP contribution in [-0.4, -0.2) is 172 Å². The van der Waals surface area contributed by atoms with Gasteiger partial charge in [-0.25, -0.2) is 26.5 Å². The number of β-amino-alcohol motifs (C(OH)–C–C–N with tert-alkyl or cyclic N) is 1. The number of hydrogen-bond donors (Lipinski definition) is 6. The molecule has 3 aliphatic heterocycles. The Kier molecular flexibility index (Phi) is 26.5. The predicted molar refractivity (Wildman–Crippen MR) is 407 cm³/mol. The Balaban J connectivity index is 0.689. The van der Waals surface area contributed by atoms with Crippen LogP contribution in [-0.2, 0) is 39.0 Å². The second-order valence-corrected chi connectivity index (χ2v) is 35.8. The summed E-state index contributed by atoms with van der Waals surface area (Å²) in [5, 5.41) is 23.5. The highest BCUT2D eigenvalue weighted by atomic mass is 35.5. The van der Waals surface area contributed by atoms with Crippen molar-refractivity contribution in [2.24, 2.45) is 10.8 Å². The van der Waals surface area contributed by atoms with Crippen molar-refractivity contribution in [2.45, 2.75) is 176 Å². The Morgan fingerprint density at radius 3 is 2.13 bits per heavy atom. The molecule has 20 nitrogen and oxygen atoms in total. The molecule has 105 heavy (non-hydrogen) atoms. The number of sulfonamides is 1. The van der Waals surface area contributed by atoms with Gasteiger partial charge in [-0.2, -0.15) is 13.2 Å². The number of nitrogens with zero attached hydrogens (tertiary/aromatic N) is 5. The van der Waals surface area contributed by atoms with Crippen LogP contribution < -0.4 is 30.9 Å². The second-order valence-electron chi connectivity index (χ2n) is 29.8. The molecule has 28 heteroatoms. The monoisotopic (exact) mass is 1540 g/mol. The average Bonchev–Trinajstić information content (AvgIpc) is 1.41. The summed E-state index contributed by atoms with van der Waals surface area (Å²) in [6, 6.07) is 30.5. The number of thiazole rings is 1. The van der Waals surface area contributed by atoms with E-state index in [9.17, 15) is 59.1 Å². The Labute approximate surface area is 628 Å². The van der Waals surface area contributed by atoms with E-state index in [1.807, 2.05) is 106 Å². The first-order valence-corrected chi connectivity index (χ1v) is 41.0. The minimum absolute atomic E-state index is 0.0434. The number of hydrogen-bond acceptors (Lipinski definition) is 17. The van der Waals surface area contributed by atoms with Crippen LogP contribution in [0.3, 0.4) is 0 Å². The molecule has 1 aromatic heterocycles. The lowest BCUT2D eigenvalue weighted by Gasteiger charge is -2.39. The van der Waals surface area contributed by atoms with E-state index in [1.54, 1.807) is 29.0 Å². The first-order valence-electron chi connectivity index (χ1n) is 35.8. The third-order valence-electron chi connectivity index (χ3n) is 20.1. The molecule has 1 aliphatic carbocycles. The van der Waals surface area contributed by atoms with Gasteiger partial charge < -0.3 is 41.1 Å². The molecule has 0 unspecified atom stereocenters. The normalized spacial score (nSPS) is 19.2. The highest BCUT2D eigenvalue weighted by Crippen LogP contribution is 2.44. The van der Waals surface area contributed by atoms with Gasteiger partial charge in [0.1, 0.15) is 17.0 Å². The van der Waals surface area contributed by atoms with Crippen LogP contribution >= 0.6 is 34.7 Å². The topological polar surface area (TPSA) is 260 Å². The van der Waals surface area contributed by atoms with Crippen molar-refractivity contribution in [3.05, 3.63) is 160 Å². The van der Waals surface area contributed by atoms with Crippen LogP contribution in [0.4, 0.5) is 24.5 Å². The number of amides is 5. The quantitative estimate of drug-likeness (QED) is 0.0188. The fourth-order valence-corrected chi connectivity index (χ4v) is 18.1. The summed E-state index contributed by atoms with van der Waals surface area (Å²) < 4.78 is 100. The van der Waals surface area contributed by atoms with Crippen LogP contribution in [0.5, 0.6) is 0 Å². The number of carbonyl (C=O) groups excluding carboxylic acids is 5. The van der Waals surface area contributed by atoms with E-state index in [-0.39, 0.29) is 60.4 Å². The zero-order valence-corrected chi connectivity index (χ0v) is 64.5. The SMILES string of the molecule is Cc1ncsc1-c1ccc([C@H](C)NC(=O)[C@@H]2C[C@@H](O)CN2C(=O)[C@@H](NC(=O)CCCCCC(=O)N[C@@H]2CCN(CC[C@H](CSc3ccccc3)Nc3ccc(S(=O)(=O)NC(=O)c4ccc(N5CCN(CC6=C(c7ccc(Cl)cc7)CCC(C)(C)C6)CC5)cc4)cc3S(=O)(=O)C(F)(F)F)C2)C(C)(C)C)cc1. The average molecular weight is 1540 g/mol. The number of sulfone groups is 1. The van der Waals surface area contributed by atoms with Crippen molar-refractivity contribution < 1.29 is 59.1 Å². The van der Waals surface area contributed by atoms with Crippen molar-refractivity contribution in [3.8, 4) is 10.4 Å². The fraction of sp³-hybridized carbons (Fsp3) is 0.481. The number of piperazine rings is 1. The number of likely N-dealkylation sites (tertiary alicyclic amines) is 2. The lowest BCUT2D eigenvalue weighted by atomic mass is 9.73. The number of aryl methyl sites for hydroxylation is 1. The molecular weight excluding hydrogens is 1450 g/mol. The van der Waals surface area contributed by atoms with Gasteiger partial charge in [0.15, 0.2) is 0 Å². The molecule has 10 rings (SSSR count). The number of aromatic nitrogens is 1. The van der Waals surface area contributed by atoms with Gasteiger partial charge in [0.25, 0.3) is 25.8 Å². The van der Waals surface area contributed by atoms with Gasteiger partial charge in [-0.3, -0.25) is 28.9 Å². The number of benzene rings is 5. The number of aliphatic hydroxyl groups excluding tert-OH is 1. The van der Waals surface area contributed by atoms with Crippen molar-refractivity contribution in [1.29, 1.82) is 0 Å². The van der Waals surface area contributed by atoms with E-state index in [2.05, 4.69) is 66.9 Å². The summed E-state index contributed by atoms with van der Waals surface area (Å²) in [7, 11) is -11.1. The van der Waals surface area contributed by atoms with Gasteiger partial charge in [-0.05, 0) is 159 Å². The highest BCUT2D eigenvalue weighted by molar-refractivity contribution is 7.99. The number of halogens is 4. The molecule has 6 N–H and O–H groups in total. The molecule has 4 aliphatic rings.